The molecular formula is C12H16FNO. The fourth-order valence-electron chi connectivity index (χ4n) is 1.83. The van der Waals surface area contributed by atoms with Crippen LogP contribution in [-0.4, -0.2) is 13.2 Å². The van der Waals surface area contributed by atoms with Crippen molar-refractivity contribution in [2.24, 2.45) is 0 Å². The highest BCUT2D eigenvalue weighted by atomic mass is 19.1. The van der Waals surface area contributed by atoms with Gasteiger partial charge >= 0.3 is 0 Å². The lowest BCUT2D eigenvalue weighted by molar-refractivity contribution is 0.311. The van der Waals surface area contributed by atoms with E-state index in [1.54, 1.807) is 6.92 Å². The van der Waals surface area contributed by atoms with Crippen LogP contribution in [0.2, 0.25) is 0 Å². The first-order chi connectivity index (χ1) is 7.22. The number of rotatable bonds is 3. The van der Waals surface area contributed by atoms with Crippen LogP contribution in [-0.2, 0) is 0 Å². The number of fused-ring (bicyclic) bond motifs is 1. The highest BCUT2D eigenvalue weighted by molar-refractivity contribution is 5.42. The molecule has 1 aliphatic rings. The highest BCUT2D eigenvalue weighted by Gasteiger charge is 2.24. The SMILES string of the molecule is CCCNC1COc2cc(F)c(C)cc21. The Bertz CT molecular complexity index is 365. The van der Waals surface area contributed by atoms with Crippen LogP contribution in [0.3, 0.4) is 0 Å². The Morgan fingerprint density at radius 2 is 2.33 bits per heavy atom. The number of hydrogen-bond donors (Lipinski definition) is 1. The second-order valence-electron chi connectivity index (χ2n) is 3.96. The zero-order chi connectivity index (χ0) is 10.8. The Balaban J connectivity index is 2.22. The van der Waals surface area contributed by atoms with Crippen LogP contribution in [0, 0.1) is 12.7 Å². The van der Waals surface area contributed by atoms with E-state index in [4.69, 9.17) is 4.74 Å². The van der Waals surface area contributed by atoms with Crippen molar-refractivity contribution in [1.29, 1.82) is 0 Å². The molecular weight excluding hydrogens is 193 g/mol. The second kappa shape index (κ2) is 4.19. The maximum Gasteiger partial charge on any atom is 0.129 e. The fraction of sp³-hybridized carbons (Fsp3) is 0.500. The van der Waals surface area contributed by atoms with E-state index in [1.165, 1.54) is 6.07 Å². The first-order valence-corrected chi connectivity index (χ1v) is 5.38. The summed E-state index contributed by atoms with van der Waals surface area (Å²) in [6.45, 7) is 5.48. The molecule has 0 spiro atoms. The Kier molecular flexibility index (Phi) is 2.91. The Hall–Kier alpha value is -1.09. The van der Waals surface area contributed by atoms with Gasteiger partial charge in [0.25, 0.3) is 0 Å². The van der Waals surface area contributed by atoms with Gasteiger partial charge in [-0.2, -0.15) is 0 Å². The summed E-state index contributed by atoms with van der Waals surface area (Å²) in [5, 5.41) is 3.39. The molecule has 0 aliphatic carbocycles. The maximum absolute atomic E-state index is 13.3. The molecule has 0 aromatic heterocycles. The fourth-order valence-corrected chi connectivity index (χ4v) is 1.83. The third kappa shape index (κ3) is 1.97. The summed E-state index contributed by atoms with van der Waals surface area (Å²) in [4.78, 5) is 0. The monoisotopic (exact) mass is 209 g/mol. The van der Waals surface area contributed by atoms with E-state index in [0.29, 0.717) is 17.9 Å². The largest absolute Gasteiger partial charge is 0.491 e. The molecule has 82 valence electrons. The van der Waals surface area contributed by atoms with Crippen molar-refractivity contribution in [2.75, 3.05) is 13.2 Å². The first-order valence-electron chi connectivity index (χ1n) is 5.38. The van der Waals surface area contributed by atoms with Crippen LogP contribution in [0.5, 0.6) is 5.75 Å². The molecule has 2 nitrogen and oxygen atoms in total. The van der Waals surface area contributed by atoms with E-state index in [1.807, 2.05) is 6.07 Å². The Morgan fingerprint density at radius 3 is 3.07 bits per heavy atom. The smallest absolute Gasteiger partial charge is 0.129 e. The molecule has 1 aromatic rings. The van der Waals surface area contributed by atoms with Crippen LogP contribution in [0.4, 0.5) is 4.39 Å². The van der Waals surface area contributed by atoms with Gasteiger partial charge in [0.05, 0.1) is 6.04 Å². The summed E-state index contributed by atoms with van der Waals surface area (Å²) in [7, 11) is 0. The van der Waals surface area contributed by atoms with Gasteiger partial charge in [-0.1, -0.05) is 6.92 Å². The maximum atomic E-state index is 13.3. The predicted molar refractivity (Wildman–Crippen MR) is 57.7 cm³/mol. The van der Waals surface area contributed by atoms with Crippen LogP contribution >= 0.6 is 0 Å². The molecule has 0 fully saturated rings. The molecule has 1 aromatic carbocycles. The molecule has 2 rings (SSSR count). The van der Waals surface area contributed by atoms with Gasteiger partial charge in [0.1, 0.15) is 18.2 Å². The van der Waals surface area contributed by atoms with E-state index >= 15 is 0 Å². The summed E-state index contributed by atoms with van der Waals surface area (Å²) in [5.74, 6) is 0.497. The Morgan fingerprint density at radius 1 is 1.53 bits per heavy atom. The van der Waals surface area contributed by atoms with Gasteiger partial charge in [-0.15, -0.1) is 0 Å². The number of hydrogen-bond acceptors (Lipinski definition) is 2. The summed E-state index contributed by atoms with van der Waals surface area (Å²) in [6, 6.07) is 3.59. The zero-order valence-corrected chi connectivity index (χ0v) is 9.14. The van der Waals surface area contributed by atoms with Gasteiger partial charge in [-0.25, -0.2) is 4.39 Å². The number of nitrogens with one attached hydrogen (secondary N) is 1. The van der Waals surface area contributed by atoms with Crippen molar-refractivity contribution in [3.8, 4) is 5.75 Å². The first kappa shape index (κ1) is 10.4. The highest BCUT2D eigenvalue weighted by Crippen LogP contribution is 2.34. The van der Waals surface area contributed by atoms with Gasteiger partial charge in [0.15, 0.2) is 0 Å². The quantitative estimate of drug-likeness (QED) is 0.826. The van der Waals surface area contributed by atoms with Gasteiger partial charge in [-0.05, 0) is 31.5 Å². The van der Waals surface area contributed by atoms with Crippen LogP contribution < -0.4 is 10.1 Å². The van der Waals surface area contributed by atoms with Crippen molar-refractivity contribution in [1.82, 2.24) is 5.32 Å². The average molecular weight is 209 g/mol. The molecule has 1 atom stereocenters. The molecule has 0 saturated carbocycles. The van der Waals surface area contributed by atoms with E-state index in [0.717, 1.165) is 18.5 Å². The van der Waals surface area contributed by atoms with E-state index in [9.17, 15) is 4.39 Å². The summed E-state index contributed by atoms with van der Waals surface area (Å²) >= 11 is 0. The molecule has 15 heavy (non-hydrogen) atoms. The zero-order valence-electron chi connectivity index (χ0n) is 9.14. The number of halogens is 1. The van der Waals surface area contributed by atoms with Crippen LogP contribution in [0.15, 0.2) is 12.1 Å². The number of aryl methyl sites for hydroxylation is 1. The van der Waals surface area contributed by atoms with Crippen molar-refractivity contribution in [3.63, 3.8) is 0 Å². The number of ether oxygens (including phenoxy) is 1. The molecule has 1 N–H and O–H groups in total. The molecule has 1 unspecified atom stereocenters. The molecule has 0 amide bonds. The van der Waals surface area contributed by atoms with Crippen molar-refractivity contribution in [3.05, 3.63) is 29.1 Å². The normalized spacial score (nSPS) is 18.7. The lowest BCUT2D eigenvalue weighted by Gasteiger charge is -2.10. The molecule has 3 heteroatoms. The van der Waals surface area contributed by atoms with Crippen molar-refractivity contribution < 1.29 is 9.13 Å². The lowest BCUT2D eigenvalue weighted by Crippen LogP contribution is -2.23. The molecule has 0 radical (unpaired) electrons. The van der Waals surface area contributed by atoms with Crippen LogP contribution in [0.1, 0.15) is 30.5 Å². The van der Waals surface area contributed by atoms with Crippen LogP contribution in [0.25, 0.3) is 0 Å². The van der Waals surface area contributed by atoms with Gasteiger partial charge in [0.2, 0.25) is 0 Å². The third-order valence-electron chi connectivity index (χ3n) is 2.71. The lowest BCUT2D eigenvalue weighted by atomic mass is 10.1. The minimum absolute atomic E-state index is 0.190. The van der Waals surface area contributed by atoms with Crippen molar-refractivity contribution in [2.45, 2.75) is 26.3 Å². The second-order valence-corrected chi connectivity index (χ2v) is 3.96. The molecule has 1 heterocycles. The minimum atomic E-state index is -0.190. The average Bonchev–Trinajstić information content (AvgIpc) is 2.59. The molecule has 0 saturated heterocycles. The van der Waals surface area contributed by atoms with Gasteiger partial charge in [0, 0.05) is 11.6 Å². The van der Waals surface area contributed by atoms with E-state index in [2.05, 4.69) is 12.2 Å². The summed E-state index contributed by atoms with van der Waals surface area (Å²) < 4.78 is 18.7. The topological polar surface area (TPSA) is 21.3 Å². The van der Waals surface area contributed by atoms with E-state index in [-0.39, 0.29) is 11.9 Å². The predicted octanol–water partition coefficient (Wildman–Crippen LogP) is 2.57. The van der Waals surface area contributed by atoms with Gasteiger partial charge in [-0.3, -0.25) is 0 Å². The standard InChI is InChI=1S/C12H16FNO/c1-3-4-14-11-7-15-12-6-10(13)8(2)5-9(11)12/h5-6,11,14H,3-4,7H2,1-2H3. The molecule has 0 bridgehead atoms. The summed E-state index contributed by atoms with van der Waals surface area (Å²) in [6.07, 6.45) is 1.09. The minimum Gasteiger partial charge on any atom is -0.491 e. The van der Waals surface area contributed by atoms with Gasteiger partial charge < -0.3 is 10.1 Å². The van der Waals surface area contributed by atoms with Crippen molar-refractivity contribution >= 4 is 0 Å². The van der Waals surface area contributed by atoms with E-state index < -0.39 is 0 Å². The molecule has 1 aliphatic heterocycles. The summed E-state index contributed by atoms with van der Waals surface area (Å²) in [5.41, 5.74) is 1.77. The number of benzene rings is 1. The Labute approximate surface area is 89.4 Å². The third-order valence-corrected chi connectivity index (χ3v) is 2.71.